The van der Waals surface area contributed by atoms with Crippen LogP contribution in [-0.4, -0.2) is 41.0 Å². The fourth-order valence-electron chi connectivity index (χ4n) is 4.16. The van der Waals surface area contributed by atoms with Crippen LogP contribution in [0.5, 0.6) is 0 Å². The van der Waals surface area contributed by atoms with Gasteiger partial charge in [-0.25, -0.2) is 0 Å². The number of nitrogens with zero attached hydrogens (tertiary/aromatic N) is 2. The van der Waals surface area contributed by atoms with E-state index in [2.05, 4.69) is 21.3 Å². The smallest absolute Gasteiger partial charge is 0.261 e. The van der Waals surface area contributed by atoms with Gasteiger partial charge in [-0.1, -0.05) is 6.07 Å². The number of carbonyl (C=O) groups excluding carboxylic acids is 1. The molecular weight excluding hydrogens is 318 g/mol. The third kappa shape index (κ3) is 3.10. The van der Waals surface area contributed by atoms with Crippen LogP contribution in [0.2, 0.25) is 0 Å². The summed E-state index contributed by atoms with van der Waals surface area (Å²) in [6, 6.07) is 8.70. The van der Waals surface area contributed by atoms with Crippen LogP contribution < -0.4 is 5.32 Å². The van der Waals surface area contributed by atoms with Crippen molar-refractivity contribution in [2.24, 2.45) is 5.92 Å². The van der Waals surface area contributed by atoms with E-state index in [1.54, 1.807) is 11.3 Å². The number of aryl methyl sites for hydroxylation is 1. The molecule has 2 aromatic heterocycles. The number of hydrogen-bond acceptors (Lipinski definition) is 4. The van der Waals surface area contributed by atoms with Gasteiger partial charge in [0.25, 0.3) is 5.91 Å². The van der Waals surface area contributed by atoms with Crippen LogP contribution in [0, 0.1) is 12.8 Å². The largest absolute Gasteiger partial charge is 0.347 e. The first kappa shape index (κ1) is 15.8. The molecule has 5 heterocycles. The Balaban J connectivity index is 1.53. The topological polar surface area (TPSA) is 45.2 Å². The molecule has 5 heteroatoms. The molecule has 24 heavy (non-hydrogen) atoms. The average molecular weight is 341 g/mol. The van der Waals surface area contributed by atoms with Crippen molar-refractivity contribution in [2.45, 2.75) is 38.3 Å². The lowest BCUT2D eigenvalue weighted by Crippen LogP contribution is -2.64. The first-order chi connectivity index (χ1) is 11.7. The molecule has 5 rings (SSSR count). The number of fused-ring (bicyclic) bond motifs is 3. The highest BCUT2D eigenvalue weighted by molar-refractivity contribution is 7.13. The Morgan fingerprint density at radius 2 is 2.17 bits per heavy atom. The fourth-order valence-corrected chi connectivity index (χ4v) is 4.93. The highest BCUT2D eigenvalue weighted by Gasteiger charge is 2.42. The van der Waals surface area contributed by atoms with E-state index < -0.39 is 0 Å². The highest BCUT2D eigenvalue weighted by atomic mass is 32.1. The minimum absolute atomic E-state index is 0.0861. The predicted molar refractivity (Wildman–Crippen MR) is 96.3 cm³/mol. The Morgan fingerprint density at radius 1 is 1.33 bits per heavy atom. The number of aromatic nitrogens is 1. The van der Waals surface area contributed by atoms with Crippen molar-refractivity contribution in [3.05, 3.63) is 52.0 Å². The molecule has 0 aromatic carbocycles. The molecule has 1 N–H and O–H groups in total. The summed E-state index contributed by atoms with van der Waals surface area (Å²) in [6.07, 6.45) is 7.11. The Bertz CT molecular complexity index is 706. The molecule has 1 amide bonds. The van der Waals surface area contributed by atoms with Crippen molar-refractivity contribution in [1.82, 2.24) is 15.2 Å². The summed E-state index contributed by atoms with van der Waals surface area (Å²) in [5.74, 6) is 0.685. The van der Waals surface area contributed by atoms with Gasteiger partial charge < -0.3 is 5.32 Å². The third-order valence-corrected chi connectivity index (χ3v) is 6.39. The average Bonchev–Trinajstić information content (AvgIpc) is 3.05. The van der Waals surface area contributed by atoms with Gasteiger partial charge in [0.2, 0.25) is 0 Å². The summed E-state index contributed by atoms with van der Waals surface area (Å²) >= 11 is 1.57. The van der Waals surface area contributed by atoms with Crippen molar-refractivity contribution in [3.8, 4) is 0 Å². The predicted octanol–water partition coefficient (Wildman–Crippen LogP) is 2.89. The number of carbonyl (C=O) groups is 1. The van der Waals surface area contributed by atoms with Gasteiger partial charge in [0.15, 0.2) is 0 Å². The van der Waals surface area contributed by atoms with Crippen molar-refractivity contribution >= 4 is 17.2 Å². The van der Waals surface area contributed by atoms with Gasteiger partial charge in [0.05, 0.1) is 4.88 Å². The summed E-state index contributed by atoms with van der Waals surface area (Å²) in [6.45, 7) is 4.35. The van der Waals surface area contributed by atoms with Crippen molar-refractivity contribution in [2.75, 3.05) is 13.1 Å². The van der Waals surface area contributed by atoms with Crippen LogP contribution in [-0.2, 0) is 6.42 Å². The molecule has 0 spiro atoms. The van der Waals surface area contributed by atoms with Crippen LogP contribution >= 0.6 is 11.3 Å². The summed E-state index contributed by atoms with van der Waals surface area (Å²) in [5.41, 5.74) is 1.25. The zero-order chi connectivity index (χ0) is 16.5. The molecule has 2 atom stereocenters. The minimum atomic E-state index is 0.0861. The van der Waals surface area contributed by atoms with E-state index in [9.17, 15) is 4.79 Å². The molecule has 126 valence electrons. The quantitative estimate of drug-likeness (QED) is 0.930. The standard InChI is InChI=1S/C19H23N3OS/c1-13-4-5-17(24-13)19(23)21-18-15-6-9-22(10-7-15)16(18)11-14-3-2-8-20-12-14/h2-5,8,12,15-16,18H,6-7,9-11H2,1H3,(H,21,23). The lowest BCUT2D eigenvalue weighted by molar-refractivity contribution is 0.0137. The van der Waals surface area contributed by atoms with Crippen LogP contribution in [0.4, 0.5) is 0 Å². The second-order valence-electron chi connectivity index (χ2n) is 6.92. The molecule has 4 nitrogen and oxygen atoms in total. The summed E-state index contributed by atoms with van der Waals surface area (Å²) in [7, 11) is 0. The number of amides is 1. The molecule has 2 unspecified atom stereocenters. The summed E-state index contributed by atoms with van der Waals surface area (Å²) < 4.78 is 0. The van der Waals surface area contributed by atoms with Crippen LogP contribution in [0.25, 0.3) is 0 Å². The Kier molecular flexibility index (Phi) is 4.37. The second kappa shape index (κ2) is 6.65. The van der Waals surface area contributed by atoms with Gasteiger partial charge in [-0.05, 0) is 69.0 Å². The van der Waals surface area contributed by atoms with E-state index in [4.69, 9.17) is 0 Å². The molecule has 0 aliphatic carbocycles. The molecular formula is C19H23N3OS. The molecule has 2 bridgehead atoms. The van der Waals surface area contributed by atoms with Crippen molar-refractivity contribution < 1.29 is 4.79 Å². The van der Waals surface area contributed by atoms with Gasteiger partial charge in [-0.15, -0.1) is 11.3 Å². The third-order valence-electron chi connectivity index (χ3n) is 5.40. The van der Waals surface area contributed by atoms with Crippen molar-refractivity contribution in [1.29, 1.82) is 0 Å². The van der Waals surface area contributed by atoms with Gasteiger partial charge >= 0.3 is 0 Å². The van der Waals surface area contributed by atoms with Gasteiger partial charge in [0, 0.05) is 29.4 Å². The Hall–Kier alpha value is -1.72. The normalized spacial score (nSPS) is 28.7. The first-order valence-electron chi connectivity index (χ1n) is 8.71. The van der Waals surface area contributed by atoms with E-state index in [1.807, 2.05) is 37.5 Å². The minimum Gasteiger partial charge on any atom is -0.347 e. The first-order valence-corrected chi connectivity index (χ1v) is 9.52. The zero-order valence-corrected chi connectivity index (χ0v) is 14.8. The molecule has 0 saturated carbocycles. The van der Waals surface area contributed by atoms with E-state index in [0.29, 0.717) is 12.0 Å². The molecule has 2 aromatic rings. The van der Waals surface area contributed by atoms with E-state index >= 15 is 0 Å². The monoisotopic (exact) mass is 341 g/mol. The SMILES string of the molecule is Cc1ccc(C(=O)NC2C3CCN(CC3)C2Cc2cccnc2)s1. The summed E-state index contributed by atoms with van der Waals surface area (Å²) in [4.78, 5) is 21.5. The summed E-state index contributed by atoms with van der Waals surface area (Å²) in [5, 5.41) is 3.36. The van der Waals surface area contributed by atoms with E-state index in [0.717, 1.165) is 24.4 Å². The van der Waals surface area contributed by atoms with Crippen molar-refractivity contribution in [3.63, 3.8) is 0 Å². The number of piperidine rings is 3. The number of hydrogen-bond donors (Lipinski definition) is 1. The zero-order valence-electron chi connectivity index (χ0n) is 13.9. The molecule has 3 fully saturated rings. The fraction of sp³-hybridized carbons (Fsp3) is 0.474. The Morgan fingerprint density at radius 3 is 2.83 bits per heavy atom. The van der Waals surface area contributed by atoms with Gasteiger partial charge in [-0.2, -0.15) is 0 Å². The number of nitrogens with one attached hydrogen (secondary N) is 1. The van der Waals surface area contributed by atoms with Gasteiger partial charge in [0.1, 0.15) is 0 Å². The highest BCUT2D eigenvalue weighted by Crippen LogP contribution is 2.34. The van der Waals surface area contributed by atoms with Crippen LogP contribution in [0.3, 0.4) is 0 Å². The lowest BCUT2D eigenvalue weighted by atomic mass is 9.77. The molecule has 3 aliphatic heterocycles. The van der Waals surface area contributed by atoms with Crippen LogP contribution in [0.1, 0.15) is 33.0 Å². The maximum absolute atomic E-state index is 12.7. The maximum atomic E-state index is 12.7. The molecule has 0 radical (unpaired) electrons. The number of rotatable bonds is 4. The van der Waals surface area contributed by atoms with Crippen LogP contribution in [0.15, 0.2) is 36.7 Å². The maximum Gasteiger partial charge on any atom is 0.261 e. The van der Waals surface area contributed by atoms with Gasteiger partial charge in [-0.3, -0.25) is 14.7 Å². The molecule has 3 saturated heterocycles. The van der Waals surface area contributed by atoms with E-state index in [1.165, 1.54) is 23.3 Å². The Labute approximate surface area is 146 Å². The lowest BCUT2D eigenvalue weighted by Gasteiger charge is -2.51. The molecule has 3 aliphatic rings. The second-order valence-corrected chi connectivity index (χ2v) is 8.20. The number of pyridine rings is 1. The number of thiophene rings is 1. The van der Waals surface area contributed by atoms with E-state index in [-0.39, 0.29) is 11.9 Å².